The maximum Gasteiger partial charge on any atom is 0.416 e. The number of aromatic nitrogens is 2. The van der Waals surface area contributed by atoms with Crippen molar-refractivity contribution in [3.8, 4) is 0 Å². The van der Waals surface area contributed by atoms with Crippen molar-refractivity contribution in [2.75, 3.05) is 4.72 Å². The van der Waals surface area contributed by atoms with Crippen molar-refractivity contribution in [2.24, 2.45) is 5.73 Å². The van der Waals surface area contributed by atoms with Crippen molar-refractivity contribution in [2.45, 2.75) is 56.0 Å². The minimum atomic E-state index is -4.56. The summed E-state index contributed by atoms with van der Waals surface area (Å²) in [5.74, 6) is -1.12. The zero-order valence-electron chi connectivity index (χ0n) is 18.9. The van der Waals surface area contributed by atoms with E-state index in [1.807, 2.05) is 13.8 Å². The van der Waals surface area contributed by atoms with Gasteiger partial charge in [0.1, 0.15) is 5.01 Å². The number of sulfonamides is 1. The maximum atomic E-state index is 13.3. The van der Waals surface area contributed by atoms with Crippen LogP contribution in [-0.4, -0.2) is 24.5 Å². The Morgan fingerprint density at radius 2 is 1.89 bits per heavy atom. The molecular weight excluding hydrogens is 501 g/mol. The molecule has 35 heavy (non-hydrogen) atoms. The van der Waals surface area contributed by atoms with Crippen LogP contribution in [0.1, 0.15) is 69.7 Å². The van der Waals surface area contributed by atoms with Crippen LogP contribution in [0.3, 0.4) is 0 Å². The third kappa shape index (κ3) is 5.32. The van der Waals surface area contributed by atoms with Gasteiger partial charge in [-0.05, 0) is 72.2 Å². The van der Waals surface area contributed by atoms with Crippen LogP contribution in [0.4, 0.5) is 18.3 Å². The number of aryl methyl sites for hydroxylation is 1. The second-order valence-electron chi connectivity index (χ2n) is 8.74. The van der Waals surface area contributed by atoms with Gasteiger partial charge in [0.05, 0.1) is 10.5 Å². The smallest absolute Gasteiger partial charge is 0.366 e. The van der Waals surface area contributed by atoms with Gasteiger partial charge in [0.15, 0.2) is 0 Å². The van der Waals surface area contributed by atoms with E-state index in [1.165, 1.54) is 12.1 Å². The van der Waals surface area contributed by atoms with E-state index >= 15 is 0 Å². The highest BCUT2D eigenvalue weighted by atomic mass is 32.2. The molecule has 1 aliphatic rings. The van der Waals surface area contributed by atoms with E-state index in [2.05, 4.69) is 14.9 Å². The van der Waals surface area contributed by atoms with Gasteiger partial charge < -0.3 is 5.73 Å². The molecule has 0 spiro atoms. The molecule has 1 aliphatic carbocycles. The Labute approximate surface area is 204 Å². The number of nitrogens with one attached hydrogen (secondary N) is 1. The molecule has 186 valence electrons. The first-order valence-electron chi connectivity index (χ1n) is 10.8. The highest BCUT2D eigenvalue weighted by Crippen LogP contribution is 2.38. The number of amides is 1. The predicted molar refractivity (Wildman–Crippen MR) is 126 cm³/mol. The van der Waals surface area contributed by atoms with Crippen molar-refractivity contribution >= 4 is 32.4 Å². The van der Waals surface area contributed by atoms with Gasteiger partial charge in [-0.3, -0.25) is 9.52 Å². The van der Waals surface area contributed by atoms with Crippen LogP contribution in [0.2, 0.25) is 0 Å². The molecule has 0 saturated carbocycles. The van der Waals surface area contributed by atoms with Crippen molar-refractivity contribution in [1.82, 2.24) is 10.2 Å². The Balaban J connectivity index is 1.64. The van der Waals surface area contributed by atoms with Gasteiger partial charge in [-0.2, -0.15) is 13.2 Å². The summed E-state index contributed by atoms with van der Waals surface area (Å²) >= 11 is 1.15. The number of benzene rings is 2. The van der Waals surface area contributed by atoms with Crippen LogP contribution in [0.15, 0.2) is 41.3 Å². The van der Waals surface area contributed by atoms with Gasteiger partial charge >= 0.3 is 6.18 Å². The van der Waals surface area contributed by atoms with Crippen LogP contribution < -0.4 is 10.5 Å². The minimum absolute atomic E-state index is 0.0114. The van der Waals surface area contributed by atoms with E-state index in [-0.39, 0.29) is 33.5 Å². The second kappa shape index (κ2) is 9.23. The van der Waals surface area contributed by atoms with Gasteiger partial charge in [-0.25, -0.2) is 8.42 Å². The fourth-order valence-electron chi connectivity index (χ4n) is 4.15. The number of carbonyl (C=O) groups excluding carboxylic acids is 1. The lowest BCUT2D eigenvalue weighted by Crippen LogP contribution is -2.21. The molecule has 0 fully saturated rings. The molecule has 3 aromatic rings. The first kappa shape index (κ1) is 25.1. The molecule has 7 nitrogen and oxygen atoms in total. The first-order chi connectivity index (χ1) is 16.3. The number of anilines is 1. The van der Waals surface area contributed by atoms with Crippen LogP contribution in [0.5, 0.6) is 0 Å². The van der Waals surface area contributed by atoms with Gasteiger partial charge in [0, 0.05) is 11.5 Å². The number of halogens is 3. The SMILES string of the molecule is CC(C)c1nnc(NS(=O)(=O)c2ccc3c(c2)C[C@@H](c2cc(C(F)(F)F)ccc2C(N)=O)CC3)s1. The lowest BCUT2D eigenvalue weighted by molar-refractivity contribution is -0.137. The van der Waals surface area contributed by atoms with E-state index in [0.29, 0.717) is 23.4 Å². The average molecular weight is 525 g/mol. The molecule has 3 N–H and O–H groups in total. The Bertz CT molecular complexity index is 1380. The summed E-state index contributed by atoms with van der Waals surface area (Å²) in [7, 11) is -3.95. The van der Waals surface area contributed by atoms with E-state index in [0.717, 1.165) is 35.1 Å². The summed E-state index contributed by atoms with van der Waals surface area (Å²) in [6.45, 7) is 3.85. The third-order valence-corrected chi connectivity index (χ3v) is 8.56. The van der Waals surface area contributed by atoms with E-state index in [1.54, 1.807) is 6.07 Å². The van der Waals surface area contributed by atoms with Crippen LogP contribution in [0, 0.1) is 0 Å². The number of fused-ring (bicyclic) bond motifs is 1. The molecule has 4 rings (SSSR count). The van der Waals surface area contributed by atoms with Crippen molar-refractivity contribution < 1.29 is 26.4 Å². The number of hydrogen-bond acceptors (Lipinski definition) is 6. The van der Waals surface area contributed by atoms with E-state index in [9.17, 15) is 26.4 Å². The molecule has 2 aromatic carbocycles. The fourth-order valence-corrected chi connectivity index (χ4v) is 6.18. The number of alkyl halides is 3. The molecule has 1 amide bonds. The Morgan fingerprint density at radius 3 is 2.51 bits per heavy atom. The normalized spacial score (nSPS) is 16.2. The number of rotatable bonds is 6. The van der Waals surface area contributed by atoms with E-state index in [4.69, 9.17) is 5.73 Å². The van der Waals surface area contributed by atoms with Crippen molar-refractivity contribution in [3.63, 3.8) is 0 Å². The zero-order chi connectivity index (χ0) is 25.5. The molecule has 1 heterocycles. The van der Waals surface area contributed by atoms with E-state index < -0.39 is 33.6 Å². The lowest BCUT2D eigenvalue weighted by atomic mass is 9.78. The summed E-state index contributed by atoms with van der Waals surface area (Å²) in [5, 5.41) is 8.71. The topological polar surface area (TPSA) is 115 Å². The second-order valence-corrected chi connectivity index (χ2v) is 11.4. The Hall–Kier alpha value is -2.99. The molecule has 0 radical (unpaired) electrons. The standard InChI is InChI=1S/C23H23F3N4O3S2/c1-12(2)21-28-29-22(34-21)30-35(32,33)17-7-5-13-3-4-14(9-15(13)10-17)19-11-16(23(24,25)26)6-8-18(19)20(27)31/h5-8,10-12,14H,3-4,9H2,1-2H3,(H2,27,31)(H,29,30)/t14-/m0/s1. The van der Waals surface area contributed by atoms with Crippen LogP contribution in [-0.2, 0) is 29.0 Å². The molecule has 0 bridgehead atoms. The quantitative estimate of drug-likeness (QED) is 0.478. The molecule has 1 aromatic heterocycles. The highest BCUT2D eigenvalue weighted by Gasteiger charge is 2.33. The Morgan fingerprint density at radius 1 is 1.14 bits per heavy atom. The number of nitrogens with two attached hydrogens (primary N) is 1. The fraction of sp³-hybridized carbons (Fsp3) is 0.348. The van der Waals surface area contributed by atoms with Gasteiger partial charge in [-0.1, -0.05) is 31.3 Å². The summed E-state index contributed by atoms with van der Waals surface area (Å²) in [4.78, 5) is 11.9. The minimum Gasteiger partial charge on any atom is -0.366 e. The van der Waals surface area contributed by atoms with Gasteiger partial charge in [-0.15, -0.1) is 10.2 Å². The third-order valence-electron chi connectivity index (χ3n) is 5.96. The number of hydrogen-bond donors (Lipinski definition) is 2. The van der Waals surface area contributed by atoms with Crippen molar-refractivity contribution in [3.05, 3.63) is 69.2 Å². The van der Waals surface area contributed by atoms with Gasteiger partial charge in [0.25, 0.3) is 10.0 Å². The van der Waals surface area contributed by atoms with Crippen LogP contribution in [0.25, 0.3) is 0 Å². The maximum absolute atomic E-state index is 13.3. The average Bonchev–Trinajstić information content (AvgIpc) is 3.25. The molecular formula is C23H23F3N4O3S2. The monoisotopic (exact) mass is 524 g/mol. The molecule has 0 unspecified atom stereocenters. The number of primary amides is 1. The largest absolute Gasteiger partial charge is 0.416 e. The predicted octanol–water partition coefficient (Wildman–Crippen LogP) is 4.85. The van der Waals surface area contributed by atoms with Gasteiger partial charge in [0.2, 0.25) is 11.0 Å². The molecule has 0 aliphatic heterocycles. The Kier molecular flexibility index (Phi) is 6.62. The zero-order valence-corrected chi connectivity index (χ0v) is 20.5. The summed E-state index contributed by atoms with van der Waals surface area (Å²) in [6, 6.07) is 7.64. The number of nitrogens with zero attached hydrogens (tertiary/aromatic N) is 2. The first-order valence-corrected chi connectivity index (χ1v) is 13.1. The molecule has 0 saturated heterocycles. The summed E-state index contributed by atoms with van der Waals surface area (Å²) in [6.07, 6.45) is -3.26. The lowest BCUT2D eigenvalue weighted by Gasteiger charge is -2.27. The number of carbonyl (C=O) groups is 1. The van der Waals surface area contributed by atoms with Crippen molar-refractivity contribution in [1.29, 1.82) is 0 Å². The summed E-state index contributed by atoms with van der Waals surface area (Å²) in [5.41, 5.74) is 6.43. The van der Waals surface area contributed by atoms with Crippen LogP contribution >= 0.6 is 11.3 Å². The summed E-state index contributed by atoms with van der Waals surface area (Å²) < 4.78 is 68.3. The molecule has 12 heteroatoms. The highest BCUT2D eigenvalue weighted by molar-refractivity contribution is 7.93. The molecule has 1 atom stereocenters.